The molecule has 0 spiro atoms. The van der Waals surface area contributed by atoms with Crippen molar-refractivity contribution in [3.8, 4) is 0 Å². The highest BCUT2D eigenvalue weighted by atomic mass is 35.5. The van der Waals surface area contributed by atoms with Crippen molar-refractivity contribution >= 4 is 40.7 Å². The topological polar surface area (TPSA) is 51.2 Å². The zero-order valence-electron chi connectivity index (χ0n) is 12.5. The van der Waals surface area contributed by atoms with Crippen molar-refractivity contribution in [3.05, 3.63) is 52.1 Å². The number of hydrogen-bond acceptors (Lipinski definition) is 4. The Kier molecular flexibility index (Phi) is 4.94. The fourth-order valence-corrected chi connectivity index (χ4v) is 1.99. The first kappa shape index (κ1) is 16.6. The molecule has 116 valence electrons. The summed E-state index contributed by atoms with van der Waals surface area (Å²) in [6, 6.07) is 8.66. The lowest BCUT2D eigenvalue weighted by molar-refractivity contribution is 0.00691. The molecule has 0 saturated carbocycles. The molecule has 1 aromatic carbocycles. The average molecular weight is 339 g/mol. The minimum Gasteiger partial charge on any atom is -0.456 e. The Balaban J connectivity index is 2.16. The van der Waals surface area contributed by atoms with Crippen LogP contribution in [-0.4, -0.2) is 16.6 Å². The van der Waals surface area contributed by atoms with Gasteiger partial charge in [-0.3, -0.25) is 0 Å². The lowest BCUT2D eigenvalue weighted by atomic mass is 10.2. The van der Waals surface area contributed by atoms with Gasteiger partial charge >= 0.3 is 5.97 Å². The van der Waals surface area contributed by atoms with Crippen LogP contribution in [0.5, 0.6) is 0 Å². The number of esters is 1. The summed E-state index contributed by atoms with van der Waals surface area (Å²) in [5.74, 6) is -0.00348. The summed E-state index contributed by atoms with van der Waals surface area (Å²) in [6.07, 6.45) is 1.43. The summed E-state index contributed by atoms with van der Waals surface area (Å²) in [4.78, 5) is 16.1. The molecule has 6 heteroatoms. The number of carbonyl (C=O) groups is 1. The minimum atomic E-state index is -0.566. The van der Waals surface area contributed by atoms with Crippen LogP contribution in [0.2, 0.25) is 10.0 Å². The van der Waals surface area contributed by atoms with E-state index in [1.54, 1.807) is 32.9 Å². The lowest BCUT2D eigenvalue weighted by Gasteiger charge is -2.19. The first-order chi connectivity index (χ1) is 10.2. The summed E-state index contributed by atoms with van der Waals surface area (Å²) < 4.78 is 5.28. The number of nitrogens with one attached hydrogen (secondary N) is 1. The molecule has 0 aliphatic carbocycles. The van der Waals surface area contributed by atoms with Gasteiger partial charge in [0.25, 0.3) is 0 Å². The standard InChI is InChI=1S/C16H16Cl2N2O2/c1-16(2,3)22-15(21)10-8-13(18)14(19-9-10)20-12-6-4-11(17)5-7-12/h4-9H,1-3H3,(H,19,20). The molecule has 0 saturated heterocycles. The maximum Gasteiger partial charge on any atom is 0.340 e. The van der Waals surface area contributed by atoms with E-state index < -0.39 is 11.6 Å². The molecule has 1 aromatic heterocycles. The predicted octanol–water partition coefficient (Wildman–Crippen LogP) is 5.09. The first-order valence-corrected chi connectivity index (χ1v) is 7.42. The number of aromatic nitrogens is 1. The highest BCUT2D eigenvalue weighted by molar-refractivity contribution is 6.33. The third-order valence-electron chi connectivity index (χ3n) is 2.58. The Bertz CT molecular complexity index is 680. The van der Waals surface area contributed by atoms with Gasteiger partial charge in [-0.1, -0.05) is 23.2 Å². The van der Waals surface area contributed by atoms with E-state index in [-0.39, 0.29) is 0 Å². The Morgan fingerprint density at radius 2 is 1.82 bits per heavy atom. The molecule has 0 unspecified atom stereocenters. The van der Waals surface area contributed by atoms with Crippen LogP contribution in [0, 0.1) is 0 Å². The largest absolute Gasteiger partial charge is 0.456 e. The monoisotopic (exact) mass is 338 g/mol. The van der Waals surface area contributed by atoms with E-state index >= 15 is 0 Å². The SMILES string of the molecule is CC(C)(C)OC(=O)c1cnc(Nc2ccc(Cl)cc2)c(Cl)c1. The minimum absolute atomic E-state index is 0.307. The number of benzene rings is 1. The van der Waals surface area contributed by atoms with Gasteiger partial charge in [0.1, 0.15) is 11.4 Å². The van der Waals surface area contributed by atoms with Crippen LogP contribution in [0.15, 0.2) is 36.5 Å². The van der Waals surface area contributed by atoms with Crippen LogP contribution in [0.25, 0.3) is 0 Å². The zero-order chi connectivity index (χ0) is 16.3. The second kappa shape index (κ2) is 6.55. The van der Waals surface area contributed by atoms with Gasteiger partial charge in [0.15, 0.2) is 0 Å². The highest BCUT2D eigenvalue weighted by Crippen LogP contribution is 2.25. The van der Waals surface area contributed by atoms with Crippen LogP contribution in [0.1, 0.15) is 31.1 Å². The number of anilines is 2. The van der Waals surface area contributed by atoms with Crippen LogP contribution >= 0.6 is 23.2 Å². The van der Waals surface area contributed by atoms with E-state index in [2.05, 4.69) is 10.3 Å². The molecule has 2 rings (SSSR count). The van der Waals surface area contributed by atoms with Crippen molar-refractivity contribution < 1.29 is 9.53 Å². The van der Waals surface area contributed by atoms with Gasteiger partial charge in [0.2, 0.25) is 0 Å². The molecule has 1 N–H and O–H groups in total. The van der Waals surface area contributed by atoms with E-state index in [0.717, 1.165) is 5.69 Å². The molecular formula is C16H16Cl2N2O2. The van der Waals surface area contributed by atoms with E-state index in [9.17, 15) is 4.79 Å². The number of ether oxygens (including phenoxy) is 1. The number of rotatable bonds is 3. The van der Waals surface area contributed by atoms with Gasteiger partial charge in [0, 0.05) is 16.9 Å². The lowest BCUT2D eigenvalue weighted by Crippen LogP contribution is -2.24. The number of halogens is 2. The Morgan fingerprint density at radius 1 is 1.18 bits per heavy atom. The smallest absolute Gasteiger partial charge is 0.340 e. The molecule has 0 aliphatic rings. The molecule has 1 heterocycles. The summed E-state index contributed by atoms with van der Waals surface area (Å²) in [5, 5.41) is 4.04. The van der Waals surface area contributed by atoms with Gasteiger partial charge in [-0.15, -0.1) is 0 Å². The maximum absolute atomic E-state index is 12.0. The number of hydrogen-bond donors (Lipinski definition) is 1. The van der Waals surface area contributed by atoms with E-state index in [4.69, 9.17) is 27.9 Å². The van der Waals surface area contributed by atoms with Crippen molar-refractivity contribution in [3.63, 3.8) is 0 Å². The van der Waals surface area contributed by atoms with Gasteiger partial charge in [-0.25, -0.2) is 9.78 Å². The quantitative estimate of drug-likeness (QED) is 0.792. The molecular weight excluding hydrogens is 323 g/mol. The van der Waals surface area contributed by atoms with E-state index in [1.807, 2.05) is 12.1 Å². The summed E-state index contributed by atoms with van der Waals surface area (Å²) >= 11 is 12.0. The van der Waals surface area contributed by atoms with Crippen LogP contribution < -0.4 is 5.32 Å². The fraction of sp³-hybridized carbons (Fsp3) is 0.250. The fourth-order valence-electron chi connectivity index (χ4n) is 1.65. The van der Waals surface area contributed by atoms with E-state index in [1.165, 1.54) is 12.3 Å². The van der Waals surface area contributed by atoms with Gasteiger partial charge < -0.3 is 10.1 Å². The number of carbonyl (C=O) groups excluding carboxylic acids is 1. The molecule has 4 nitrogen and oxygen atoms in total. The predicted molar refractivity (Wildman–Crippen MR) is 89.2 cm³/mol. The van der Waals surface area contributed by atoms with Crippen molar-refractivity contribution in [1.29, 1.82) is 0 Å². The average Bonchev–Trinajstić information content (AvgIpc) is 2.41. The van der Waals surface area contributed by atoms with Gasteiger partial charge in [0.05, 0.1) is 10.6 Å². The maximum atomic E-state index is 12.0. The summed E-state index contributed by atoms with van der Waals surface area (Å²) in [7, 11) is 0. The van der Waals surface area contributed by atoms with Crippen molar-refractivity contribution in [2.75, 3.05) is 5.32 Å². The van der Waals surface area contributed by atoms with Crippen molar-refractivity contribution in [1.82, 2.24) is 4.98 Å². The molecule has 0 radical (unpaired) electrons. The Morgan fingerprint density at radius 3 is 2.36 bits per heavy atom. The molecule has 0 aliphatic heterocycles. The number of nitrogens with zero attached hydrogens (tertiary/aromatic N) is 1. The molecule has 2 aromatic rings. The van der Waals surface area contributed by atoms with Crippen LogP contribution in [-0.2, 0) is 4.74 Å². The summed E-state index contributed by atoms with van der Waals surface area (Å²) in [6.45, 7) is 5.41. The second-order valence-electron chi connectivity index (χ2n) is 5.69. The molecule has 0 amide bonds. The first-order valence-electron chi connectivity index (χ1n) is 6.66. The van der Waals surface area contributed by atoms with Crippen molar-refractivity contribution in [2.24, 2.45) is 0 Å². The Hall–Kier alpha value is -1.78. The third kappa shape index (κ3) is 4.61. The zero-order valence-corrected chi connectivity index (χ0v) is 14.0. The van der Waals surface area contributed by atoms with Gasteiger partial charge in [-0.05, 0) is 51.1 Å². The van der Waals surface area contributed by atoms with Crippen molar-refractivity contribution in [2.45, 2.75) is 26.4 Å². The van der Waals surface area contributed by atoms with Crippen LogP contribution in [0.3, 0.4) is 0 Å². The summed E-state index contributed by atoms with van der Waals surface area (Å²) in [5.41, 5.74) is 0.537. The second-order valence-corrected chi connectivity index (χ2v) is 6.53. The Labute approximate surface area is 139 Å². The van der Waals surface area contributed by atoms with E-state index in [0.29, 0.717) is 21.4 Å². The molecule has 0 bridgehead atoms. The number of pyridine rings is 1. The molecule has 0 atom stereocenters. The normalized spacial score (nSPS) is 11.1. The molecule has 22 heavy (non-hydrogen) atoms. The van der Waals surface area contributed by atoms with Gasteiger partial charge in [-0.2, -0.15) is 0 Å². The molecule has 0 fully saturated rings. The third-order valence-corrected chi connectivity index (χ3v) is 3.12. The highest BCUT2D eigenvalue weighted by Gasteiger charge is 2.19. The van der Waals surface area contributed by atoms with Crippen LogP contribution in [0.4, 0.5) is 11.5 Å².